The topological polar surface area (TPSA) is 65.6 Å². The van der Waals surface area contributed by atoms with Gasteiger partial charge in [0.25, 0.3) is 0 Å². The van der Waals surface area contributed by atoms with Crippen LogP contribution < -0.4 is 10.6 Å². The van der Waals surface area contributed by atoms with Crippen LogP contribution in [0, 0.1) is 5.92 Å². The highest BCUT2D eigenvalue weighted by molar-refractivity contribution is 5.72. The molecule has 1 unspecified atom stereocenters. The summed E-state index contributed by atoms with van der Waals surface area (Å²) in [6.45, 7) is 2.32. The van der Waals surface area contributed by atoms with Gasteiger partial charge in [-0.2, -0.15) is 0 Å². The van der Waals surface area contributed by atoms with Gasteiger partial charge in [-0.1, -0.05) is 0 Å². The molecule has 0 saturated carbocycles. The Bertz CT molecular complexity index is 527. The van der Waals surface area contributed by atoms with Crippen LogP contribution in [-0.2, 0) is 6.42 Å². The van der Waals surface area contributed by atoms with E-state index in [1.54, 1.807) is 0 Å². The van der Waals surface area contributed by atoms with Crippen LogP contribution in [0.5, 0.6) is 0 Å². The number of nitrogens with one attached hydrogen (secondary N) is 3. The number of fused-ring (bicyclic) bond motifs is 1. The van der Waals surface area contributed by atoms with Gasteiger partial charge in [0, 0.05) is 13.5 Å². The zero-order valence-corrected chi connectivity index (χ0v) is 10.7. The first-order chi connectivity index (χ1) is 8.85. The van der Waals surface area contributed by atoms with Gasteiger partial charge in [0.15, 0.2) is 5.65 Å². The average Bonchev–Trinajstić information content (AvgIpc) is 3.04. The number of imidazole rings is 1. The number of rotatable bonds is 4. The van der Waals surface area contributed by atoms with E-state index in [2.05, 4.69) is 25.6 Å². The minimum atomic E-state index is 0.805. The molecular formula is C13H19N5. The van der Waals surface area contributed by atoms with Crippen molar-refractivity contribution in [2.24, 2.45) is 5.92 Å². The zero-order valence-electron chi connectivity index (χ0n) is 10.7. The molecule has 1 aliphatic heterocycles. The van der Waals surface area contributed by atoms with E-state index in [9.17, 15) is 0 Å². The Hall–Kier alpha value is -1.62. The number of aryl methyl sites for hydroxylation is 1. The van der Waals surface area contributed by atoms with E-state index in [0.717, 1.165) is 48.2 Å². The molecule has 0 aliphatic carbocycles. The van der Waals surface area contributed by atoms with Gasteiger partial charge in [-0.25, -0.2) is 9.97 Å². The number of pyridine rings is 1. The fraction of sp³-hybridized carbons (Fsp3) is 0.538. The Morgan fingerprint density at radius 3 is 3.11 bits per heavy atom. The Labute approximate surface area is 106 Å². The Morgan fingerprint density at radius 1 is 1.39 bits per heavy atom. The Morgan fingerprint density at radius 2 is 2.33 bits per heavy atom. The van der Waals surface area contributed by atoms with E-state index in [1.807, 2.05) is 19.2 Å². The van der Waals surface area contributed by atoms with Crippen molar-refractivity contribution in [1.29, 1.82) is 0 Å². The van der Waals surface area contributed by atoms with E-state index < -0.39 is 0 Å². The van der Waals surface area contributed by atoms with Gasteiger partial charge in [-0.3, -0.25) is 0 Å². The van der Waals surface area contributed by atoms with Crippen LogP contribution >= 0.6 is 0 Å². The Balaban J connectivity index is 1.72. The highest BCUT2D eigenvalue weighted by atomic mass is 15.0. The molecule has 1 saturated heterocycles. The van der Waals surface area contributed by atoms with Gasteiger partial charge in [-0.05, 0) is 44.0 Å². The van der Waals surface area contributed by atoms with E-state index in [1.165, 1.54) is 12.8 Å². The third-order valence-electron chi connectivity index (χ3n) is 3.60. The van der Waals surface area contributed by atoms with Gasteiger partial charge in [-0.15, -0.1) is 0 Å². The third-order valence-corrected chi connectivity index (χ3v) is 3.60. The summed E-state index contributed by atoms with van der Waals surface area (Å²) < 4.78 is 0. The lowest BCUT2D eigenvalue weighted by Crippen LogP contribution is -2.09. The van der Waals surface area contributed by atoms with Crippen molar-refractivity contribution in [3.05, 3.63) is 18.0 Å². The molecular weight excluding hydrogens is 226 g/mol. The molecule has 0 spiro atoms. The molecule has 3 heterocycles. The van der Waals surface area contributed by atoms with Gasteiger partial charge in [0.2, 0.25) is 0 Å². The minimum absolute atomic E-state index is 0.805. The number of hydrogen-bond acceptors (Lipinski definition) is 4. The summed E-state index contributed by atoms with van der Waals surface area (Å²) >= 11 is 0. The summed E-state index contributed by atoms with van der Waals surface area (Å²) in [5.41, 5.74) is 1.83. The summed E-state index contributed by atoms with van der Waals surface area (Å²) in [6.07, 6.45) is 3.51. The maximum atomic E-state index is 4.56. The summed E-state index contributed by atoms with van der Waals surface area (Å²) in [5.74, 6) is 2.72. The van der Waals surface area contributed by atoms with E-state index in [-0.39, 0.29) is 0 Å². The number of hydrogen-bond donors (Lipinski definition) is 3. The van der Waals surface area contributed by atoms with Crippen LogP contribution in [0.15, 0.2) is 12.1 Å². The first kappa shape index (κ1) is 11.5. The van der Waals surface area contributed by atoms with Gasteiger partial charge in [0.1, 0.15) is 11.6 Å². The van der Waals surface area contributed by atoms with Crippen molar-refractivity contribution in [2.45, 2.75) is 19.3 Å². The summed E-state index contributed by atoms with van der Waals surface area (Å²) in [4.78, 5) is 12.3. The molecule has 0 radical (unpaired) electrons. The largest absolute Gasteiger partial charge is 0.373 e. The van der Waals surface area contributed by atoms with Crippen molar-refractivity contribution >= 4 is 17.0 Å². The SMILES string of the molecule is CNc1ccc2[nH]c(CCC3CCNC3)nc2n1. The van der Waals surface area contributed by atoms with Crippen LogP contribution in [0.4, 0.5) is 5.82 Å². The van der Waals surface area contributed by atoms with Crippen molar-refractivity contribution in [2.75, 3.05) is 25.5 Å². The normalized spacial score (nSPS) is 19.5. The second-order valence-corrected chi connectivity index (χ2v) is 4.90. The molecule has 1 aliphatic rings. The summed E-state index contributed by atoms with van der Waals surface area (Å²) in [5, 5.41) is 6.43. The molecule has 1 fully saturated rings. The maximum Gasteiger partial charge on any atom is 0.179 e. The molecule has 5 heteroatoms. The Kier molecular flexibility index (Phi) is 3.15. The number of nitrogens with zero attached hydrogens (tertiary/aromatic N) is 2. The highest BCUT2D eigenvalue weighted by Crippen LogP contribution is 2.17. The molecule has 2 aromatic heterocycles. The lowest BCUT2D eigenvalue weighted by atomic mass is 10.0. The molecule has 3 N–H and O–H groups in total. The number of H-pyrrole nitrogens is 1. The number of aromatic amines is 1. The van der Waals surface area contributed by atoms with Crippen LogP contribution in [0.2, 0.25) is 0 Å². The van der Waals surface area contributed by atoms with E-state index >= 15 is 0 Å². The second-order valence-electron chi connectivity index (χ2n) is 4.90. The van der Waals surface area contributed by atoms with Crippen molar-refractivity contribution in [1.82, 2.24) is 20.3 Å². The molecule has 96 valence electrons. The highest BCUT2D eigenvalue weighted by Gasteiger charge is 2.15. The number of aromatic nitrogens is 3. The first-order valence-electron chi connectivity index (χ1n) is 6.59. The van der Waals surface area contributed by atoms with Crippen molar-refractivity contribution < 1.29 is 0 Å². The second kappa shape index (κ2) is 4.94. The minimum Gasteiger partial charge on any atom is -0.373 e. The predicted octanol–water partition coefficient (Wildman–Crippen LogP) is 1.54. The molecule has 1 atom stereocenters. The summed E-state index contributed by atoms with van der Waals surface area (Å²) in [6, 6.07) is 3.99. The third kappa shape index (κ3) is 2.31. The molecule has 0 bridgehead atoms. The van der Waals surface area contributed by atoms with Crippen LogP contribution in [-0.4, -0.2) is 35.1 Å². The molecule has 3 rings (SSSR count). The first-order valence-corrected chi connectivity index (χ1v) is 6.59. The van der Waals surface area contributed by atoms with Crippen LogP contribution in [0.25, 0.3) is 11.2 Å². The van der Waals surface area contributed by atoms with Gasteiger partial charge in [0.05, 0.1) is 5.52 Å². The quantitative estimate of drug-likeness (QED) is 0.764. The fourth-order valence-electron chi connectivity index (χ4n) is 2.50. The van der Waals surface area contributed by atoms with Crippen molar-refractivity contribution in [3.8, 4) is 0 Å². The standard InChI is InChI=1S/C13H19N5/c1-14-11-5-3-10-13(17-11)18-12(16-10)4-2-9-6-7-15-8-9/h3,5,9,15H,2,4,6-8H2,1H3,(H2,14,16,17,18). The smallest absolute Gasteiger partial charge is 0.179 e. The fourth-order valence-corrected chi connectivity index (χ4v) is 2.50. The zero-order chi connectivity index (χ0) is 12.4. The monoisotopic (exact) mass is 245 g/mol. The van der Waals surface area contributed by atoms with Crippen LogP contribution in [0.3, 0.4) is 0 Å². The number of anilines is 1. The molecule has 2 aromatic rings. The van der Waals surface area contributed by atoms with E-state index in [0.29, 0.717) is 0 Å². The lowest BCUT2D eigenvalue weighted by Gasteiger charge is -2.04. The predicted molar refractivity (Wildman–Crippen MR) is 72.7 cm³/mol. The van der Waals surface area contributed by atoms with Crippen molar-refractivity contribution in [3.63, 3.8) is 0 Å². The van der Waals surface area contributed by atoms with Crippen LogP contribution in [0.1, 0.15) is 18.7 Å². The van der Waals surface area contributed by atoms with E-state index in [4.69, 9.17) is 0 Å². The van der Waals surface area contributed by atoms with Gasteiger partial charge >= 0.3 is 0 Å². The molecule has 0 amide bonds. The lowest BCUT2D eigenvalue weighted by molar-refractivity contribution is 0.526. The van der Waals surface area contributed by atoms with Gasteiger partial charge < -0.3 is 15.6 Å². The maximum absolute atomic E-state index is 4.56. The molecule has 18 heavy (non-hydrogen) atoms. The molecule has 5 nitrogen and oxygen atoms in total. The summed E-state index contributed by atoms with van der Waals surface area (Å²) in [7, 11) is 1.87. The molecule has 0 aromatic carbocycles. The average molecular weight is 245 g/mol.